The van der Waals surface area contributed by atoms with Gasteiger partial charge < -0.3 is 19.7 Å². The first kappa shape index (κ1) is 18.5. The summed E-state index contributed by atoms with van der Waals surface area (Å²) in [5, 5.41) is 3.75. The van der Waals surface area contributed by atoms with Crippen molar-refractivity contribution >= 4 is 23.2 Å². The van der Waals surface area contributed by atoms with Crippen LogP contribution < -0.4 is 10.2 Å². The molecule has 25 heavy (non-hydrogen) atoms. The van der Waals surface area contributed by atoms with Crippen LogP contribution in [-0.2, 0) is 14.3 Å². The molecule has 0 bridgehead atoms. The zero-order valence-corrected chi connectivity index (χ0v) is 15.2. The Morgan fingerprint density at radius 2 is 2.00 bits per heavy atom. The van der Waals surface area contributed by atoms with Gasteiger partial charge in [0.25, 0.3) is 5.91 Å². The third-order valence-corrected chi connectivity index (χ3v) is 4.94. The SMILES string of the molecule is O=C(NCCCN1CCN(c2ccccc2Cl)CC1)C1COCCO1. The number of nitrogens with one attached hydrogen (secondary N) is 1. The number of hydrogen-bond donors (Lipinski definition) is 1. The first-order chi connectivity index (χ1) is 12.2. The monoisotopic (exact) mass is 367 g/mol. The fourth-order valence-electron chi connectivity index (χ4n) is 3.19. The molecule has 1 N–H and O–H groups in total. The van der Waals surface area contributed by atoms with Gasteiger partial charge in [-0.15, -0.1) is 0 Å². The summed E-state index contributed by atoms with van der Waals surface area (Å²) in [5.74, 6) is -0.0664. The van der Waals surface area contributed by atoms with Gasteiger partial charge in [-0.3, -0.25) is 9.69 Å². The van der Waals surface area contributed by atoms with Crippen molar-refractivity contribution in [2.45, 2.75) is 12.5 Å². The lowest BCUT2D eigenvalue weighted by Crippen LogP contribution is -2.47. The average molecular weight is 368 g/mol. The van der Waals surface area contributed by atoms with Gasteiger partial charge in [-0.1, -0.05) is 23.7 Å². The number of hydrogen-bond acceptors (Lipinski definition) is 5. The molecule has 0 spiro atoms. The normalized spacial score (nSPS) is 22.0. The van der Waals surface area contributed by atoms with Crippen LogP contribution in [0.15, 0.2) is 24.3 Å². The van der Waals surface area contributed by atoms with Gasteiger partial charge in [-0.25, -0.2) is 0 Å². The van der Waals surface area contributed by atoms with Crippen LogP contribution in [-0.4, -0.2) is 76.0 Å². The highest BCUT2D eigenvalue weighted by molar-refractivity contribution is 6.33. The second-order valence-electron chi connectivity index (χ2n) is 6.36. The molecular formula is C18H26ClN3O3. The summed E-state index contributed by atoms with van der Waals surface area (Å²) >= 11 is 6.28. The molecule has 0 aromatic heterocycles. The molecule has 2 aliphatic rings. The van der Waals surface area contributed by atoms with E-state index < -0.39 is 6.10 Å². The number of carbonyl (C=O) groups is 1. The van der Waals surface area contributed by atoms with Gasteiger partial charge in [0.15, 0.2) is 6.10 Å². The molecule has 1 atom stereocenters. The van der Waals surface area contributed by atoms with Crippen molar-refractivity contribution in [3.05, 3.63) is 29.3 Å². The van der Waals surface area contributed by atoms with Crippen LogP contribution >= 0.6 is 11.6 Å². The first-order valence-corrected chi connectivity index (χ1v) is 9.31. The van der Waals surface area contributed by atoms with Gasteiger partial charge in [0.05, 0.1) is 30.5 Å². The molecule has 0 radical (unpaired) electrons. The fourth-order valence-corrected chi connectivity index (χ4v) is 3.44. The Hall–Kier alpha value is -1.34. The smallest absolute Gasteiger partial charge is 0.251 e. The Kier molecular flexibility index (Phi) is 6.93. The molecule has 138 valence electrons. The molecule has 1 amide bonds. The summed E-state index contributed by atoms with van der Waals surface area (Å²) < 4.78 is 10.6. The number of halogens is 1. The molecule has 2 saturated heterocycles. The largest absolute Gasteiger partial charge is 0.376 e. The van der Waals surface area contributed by atoms with E-state index in [0.717, 1.165) is 49.9 Å². The number of anilines is 1. The Morgan fingerprint density at radius 1 is 1.20 bits per heavy atom. The number of amides is 1. The minimum atomic E-state index is -0.451. The number of piperazine rings is 1. The quantitative estimate of drug-likeness (QED) is 0.770. The van der Waals surface area contributed by atoms with Crippen LogP contribution in [0.4, 0.5) is 5.69 Å². The van der Waals surface area contributed by atoms with E-state index in [1.54, 1.807) is 0 Å². The molecule has 2 heterocycles. The predicted molar refractivity (Wildman–Crippen MR) is 98.3 cm³/mol. The zero-order valence-electron chi connectivity index (χ0n) is 14.5. The maximum Gasteiger partial charge on any atom is 0.251 e. The van der Waals surface area contributed by atoms with E-state index in [1.807, 2.05) is 18.2 Å². The van der Waals surface area contributed by atoms with Crippen LogP contribution in [0.3, 0.4) is 0 Å². The molecule has 0 aliphatic carbocycles. The minimum absolute atomic E-state index is 0.0664. The van der Waals surface area contributed by atoms with Gasteiger partial charge in [-0.05, 0) is 25.1 Å². The van der Waals surface area contributed by atoms with Gasteiger partial charge in [0.2, 0.25) is 0 Å². The molecule has 6 nitrogen and oxygen atoms in total. The number of rotatable bonds is 6. The number of ether oxygens (including phenoxy) is 2. The van der Waals surface area contributed by atoms with E-state index in [-0.39, 0.29) is 5.91 Å². The number of para-hydroxylation sites is 1. The second-order valence-corrected chi connectivity index (χ2v) is 6.77. The summed E-state index contributed by atoms with van der Waals surface area (Å²) in [7, 11) is 0. The van der Waals surface area contributed by atoms with E-state index in [4.69, 9.17) is 21.1 Å². The highest BCUT2D eigenvalue weighted by atomic mass is 35.5. The van der Waals surface area contributed by atoms with Crippen LogP contribution in [0, 0.1) is 0 Å². The summed E-state index contributed by atoms with van der Waals surface area (Å²) in [4.78, 5) is 16.7. The van der Waals surface area contributed by atoms with Crippen molar-refractivity contribution in [3.63, 3.8) is 0 Å². The summed E-state index contributed by atoms with van der Waals surface area (Å²) in [6.45, 7) is 7.06. The van der Waals surface area contributed by atoms with E-state index in [1.165, 1.54) is 0 Å². The number of benzene rings is 1. The second kappa shape index (κ2) is 9.38. The van der Waals surface area contributed by atoms with E-state index in [0.29, 0.717) is 26.4 Å². The van der Waals surface area contributed by atoms with E-state index in [2.05, 4.69) is 21.2 Å². The van der Waals surface area contributed by atoms with Crippen molar-refractivity contribution in [1.82, 2.24) is 10.2 Å². The minimum Gasteiger partial charge on any atom is -0.376 e. The lowest BCUT2D eigenvalue weighted by atomic mass is 10.2. The highest BCUT2D eigenvalue weighted by Crippen LogP contribution is 2.25. The fraction of sp³-hybridized carbons (Fsp3) is 0.611. The lowest BCUT2D eigenvalue weighted by molar-refractivity contribution is -0.147. The van der Waals surface area contributed by atoms with Crippen LogP contribution in [0.2, 0.25) is 5.02 Å². The predicted octanol–water partition coefficient (Wildman–Crippen LogP) is 1.38. The Bertz CT molecular complexity index is 558. The number of nitrogens with zero attached hydrogens (tertiary/aromatic N) is 2. The molecule has 1 aromatic carbocycles. The Labute approximate surface area is 154 Å². The number of carbonyl (C=O) groups excluding carboxylic acids is 1. The Morgan fingerprint density at radius 3 is 2.72 bits per heavy atom. The molecular weight excluding hydrogens is 342 g/mol. The molecule has 1 aromatic rings. The molecule has 0 saturated carbocycles. The van der Waals surface area contributed by atoms with Crippen LogP contribution in [0.25, 0.3) is 0 Å². The van der Waals surface area contributed by atoms with Crippen LogP contribution in [0.5, 0.6) is 0 Å². The maximum atomic E-state index is 11.9. The van der Waals surface area contributed by atoms with E-state index >= 15 is 0 Å². The Balaban J connectivity index is 1.31. The van der Waals surface area contributed by atoms with Gasteiger partial charge in [0.1, 0.15) is 0 Å². The topological polar surface area (TPSA) is 54.0 Å². The highest BCUT2D eigenvalue weighted by Gasteiger charge is 2.22. The van der Waals surface area contributed by atoms with Crippen molar-refractivity contribution in [1.29, 1.82) is 0 Å². The maximum absolute atomic E-state index is 11.9. The third-order valence-electron chi connectivity index (χ3n) is 4.62. The molecule has 7 heteroatoms. The van der Waals surface area contributed by atoms with Crippen LogP contribution in [0.1, 0.15) is 6.42 Å². The van der Waals surface area contributed by atoms with Gasteiger partial charge in [0, 0.05) is 32.7 Å². The molecule has 3 rings (SSSR count). The van der Waals surface area contributed by atoms with Crippen molar-refractivity contribution < 1.29 is 14.3 Å². The van der Waals surface area contributed by atoms with E-state index in [9.17, 15) is 4.79 Å². The molecule has 2 fully saturated rings. The first-order valence-electron chi connectivity index (χ1n) is 8.93. The van der Waals surface area contributed by atoms with Gasteiger partial charge in [-0.2, -0.15) is 0 Å². The van der Waals surface area contributed by atoms with Crippen molar-refractivity contribution in [2.24, 2.45) is 0 Å². The summed E-state index contributed by atoms with van der Waals surface area (Å²) in [5.41, 5.74) is 1.12. The van der Waals surface area contributed by atoms with Crippen molar-refractivity contribution in [2.75, 3.05) is 64.0 Å². The van der Waals surface area contributed by atoms with Crippen molar-refractivity contribution in [3.8, 4) is 0 Å². The molecule has 1 unspecified atom stereocenters. The van der Waals surface area contributed by atoms with Gasteiger partial charge >= 0.3 is 0 Å². The molecule has 2 aliphatic heterocycles. The summed E-state index contributed by atoms with van der Waals surface area (Å²) in [6, 6.07) is 8.00. The third kappa shape index (κ3) is 5.31. The average Bonchev–Trinajstić information content (AvgIpc) is 2.67. The zero-order chi connectivity index (χ0) is 17.5. The summed E-state index contributed by atoms with van der Waals surface area (Å²) in [6.07, 6.45) is 0.485. The lowest BCUT2D eigenvalue weighted by Gasteiger charge is -2.36. The standard InChI is InChI=1S/C18H26ClN3O3/c19-15-4-1-2-5-16(15)22-10-8-21(9-11-22)7-3-6-20-18(23)17-14-24-12-13-25-17/h1-2,4-5,17H,3,6-14H2,(H,20,23).